The van der Waals surface area contributed by atoms with Crippen molar-refractivity contribution in [1.29, 1.82) is 0 Å². The number of rotatable bonds is 3. The maximum atomic E-state index is 11.8. The molecule has 1 aliphatic heterocycles. The molecule has 0 amide bonds. The number of carbonyl (C=O) groups is 1. The van der Waals surface area contributed by atoms with Crippen molar-refractivity contribution < 1.29 is 9.53 Å². The Morgan fingerprint density at radius 2 is 1.81 bits per heavy atom. The lowest BCUT2D eigenvalue weighted by atomic mass is 9.99. The third kappa shape index (κ3) is 2.98. The van der Waals surface area contributed by atoms with Crippen molar-refractivity contribution in [2.75, 3.05) is 13.7 Å². The highest BCUT2D eigenvalue weighted by molar-refractivity contribution is 5.90. The lowest BCUT2D eigenvalue weighted by Crippen LogP contribution is -2.30. The van der Waals surface area contributed by atoms with Gasteiger partial charge in [-0.15, -0.1) is 0 Å². The van der Waals surface area contributed by atoms with Gasteiger partial charge in [0.25, 0.3) is 0 Å². The minimum atomic E-state index is -0.261. The zero-order valence-electron chi connectivity index (χ0n) is 12.2. The van der Waals surface area contributed by atoms with E-state index < -0.39 is 0 Å². The molecule has 0 bridgehead atoms. The van der Waals surface area contributed by atoms with Crippen LogP contribution in [0.15, 0.2) is 48.5 Å². The van der Waals surface area contributed by atoms with Crippen LogP contribution in [0.25, 0.3) is 0 Å². The lowest BCUT2D eigenvalue weighted by molar-refractivity contribution is 0.0598. The fraction of sp³-hybridized carbons (Fsp3) is 0.278. The number of nitrogens with zero attached hydrogens (tertiary/aromatic N) is 1. The smallest absolute Gasteiger partial charge is 0.338 e. The molecule has 1 aliphatic rings. The van der Waals surface area contributed by atoms with Crippen LogP contribution in [0.3, 0.4) is 0 Å². The second-order valence-electron chi connectivity index (χ2n) is 5.38. The molecular formula is C18H19NO2. The van der Waals surface area contributed by atoms with E-state index in [0.29, 0.717) is 5.56 Å². The minimum Gasteiger partial charge on any atom is -0.465 e. The summed E-state index contributed by atoms with van der Waals surface area (Å²) >= 11 is 0. The van der Waals surface area contributed by atoms with Crippen LogP contribution < -0.4 is 0 Å². The van der Waals surface area contributed by atoms with Crippen molar-refractivity contribution in [3.05, 3.63) is 70.8 Å². The zero-order chi connectivity index (χ0) is 14.7. The van der Waals surface area contributed by atoms with Gasteiger partial charge in [-0.25, -0.2) is 4.79 Å². The van der Waals surface area contributed by atoms with Gasteiger partial charge in [0.1, 0.15) is 0 Å². The SMILES string of the molecule is COC(=O)c1ccccc1CN1CCc2ccccc2C1. The molecule has 0 radical (unpaired) electrons. The Balaban J connectivity index is 1.78. The largest absolute Gasteiger partial charge is 0.465 e. The van der Waals surface area contributed by atoms with Crippen molar-refractivity contribution in [2.24, 2.45) is 0 Å². The van der Waals surface area contributed by atoms with Gasteiger partial charge < -0.3 is 4.74 Å². The predicted octanol–water partition coefficient (Wildman–Crippen LogP) is 3.03. The van der Waals surface area contributed by atoms with E-state index in [-0.39, 0.29) is 5.97 Å². The average Bonchev–Trinajstić information content (AvgIpc) is 2.54. The fourth-order valence-electron chi connectivity index (χ4n) is 2.90. The highest BCUT2D eigenvalue weighted by Crippen LogP contribution is 2.21. The van der Waals surface area contributed by atoms with E-state index in [4.69, 9.17) is 4.74 Å². The van der Waals surface area contributed by atoms with Crippen LogP contribution >= 0.6 is 0 Å². The van der Waals surface area contributed by atoms with E-state index in [0.717, 1.165) is 31.6 Å². The summed E-state index contributed by atoms with van der Waals surface area (Å²) in [5.41, 5.74) is 4.52. The molecule has 0 saturated carbocycles. The summed E-state index contributed by atoms with van der Waals surface area (Å²) in [5, 5.41) is 0. The van der Waals surface area contributed by atoms with Gasteiger partial charge in [0.2, 0.25) is 0 Å². The molecule has 0 fully saturated rings. The molecule has 2 aromatic rings. The van der Waals surface area contributed by atoms with Gasteiger partial charge in [-0.3, -0.25) is 4.90 Å². The highest BCUT2D eigenvalue weighted by Gasteiger charge is 2.18. The predicted molar refractivity (Wildman–Crippen MR) is 82.0 cm³/mol. The molecular weight excluding hydrogens is 262 g/mol. The van der Waals surface area contributed by atoms with E-state index >= 15 is 0 Å². The summed E-state index contributed by atoms with van der Waals surface area (Å²) in [4.78, 5) is 14.2. The monoisotopic (exact) mass is 281 g/mol. The van der Waals surface area contributed by atoms with Gasteiger partial charge in [-0.2, -0.15) is 0 Å². The summed E-state index contributed by atoms with van der Waals surface area (Å²) < 4.78 is 4.86. The first-order valence-corrected chi connectivity index (χ1v) is 7.23. The summed E-state index contributed by atoms with van der Waals surface area (Å²) in [7, 11) is 1.43. The Kier molecular flexibility index (Phi) is 4.02. The van der Waals surface area contributed by atoms with E-state index in [9.17, 15) is 4.79 Å². The first kappa shape index (κ1) is 13.8. The lowest BCUT2D eigenvalue weighted by Gasteiger charge is -2.29. The second-order valence-corrected chi connectivity index (χ2v) is 5.38. The topological polar surface area (TPSA) is 29.5 Å². The number of methoxy groups -OCH3 is 1. The summed E-state index contributed by atoms with van der Waals surface area (Å²) in [6, 6.07) is 16.3. The quantitative estimate of drug-likeness (QED) is 0.810. The van der Waals surface area contributed by atoms with Crippen molar-refractivity contribution in [1.82, 2.24) is 4.90 Å². The second kappa shape index (κ2) is 6.10. The van der Waals surface area contributed by atoms with E-state index in [1.54, 1.807) is 0 Å². The molecule has 21 heavy (non-hydrogen) atoms. The first-order chi connectivity index (χ1) is 10.3. The van der Waals surface area contributed by atoms with Crippen molar-refractivity contribution in [3.8, 4) is 0 Å². The molecule has 3 heteroatoms. The van der Waals surface area contributed by atoms with Crippen LogP contribution in [0.2, 0.25) is 0 Å². The van der Waals surface area contributed by atoms with Crippen LogP contribution in [0.5, 0.6) is 0 Å². The summed E-state index contributed by atoms with van der Waals surface area (Å²) in [6.07, 6.45) is 1.07. The van der Waals surface area contributed by atoms with E-state index in [1.165, 1.54) is 18.2 Å². The first-order valence-electron chi connectivity index (χ1n) is 7.23. The molecule has 0 aromatic heterocycles. The van der Waals surface area contributed by atoms with Crippen LogP contribution in [-0.2, 0) is 24.2 Å². The van der Waals surface area contributed by atoms with Gasteiger partial charge in [0, 0.05) is 19.6 Å². The van der Waals surface area contributed by atoms with Crippen molar-refractivity contribution in [3.63, 3.8) is 0 Å². The van der Waals surface area contributed by atoms with Gasteiger partial charge in [-0.05, 0) is 29.2 Å². The molecule has 0 spiro atoms. The molecule has 0 unspecified atom stereocenters. The number of benzene rings is 2. The van der Waals surface area contributed by atoms with Gasteiger partial charge in [-0.1, -0.05) is 42.5 Å². The van der Waals surface area contributed by atoms with Gasteiger partial charge in [0.15, 0.2) is 0 Å². The zero-order valence-corrected chi connectivity index (χ0v) is 12.2. The van der Waals surface area contributed by atoms with Gasteiger partial charge in [0.05, 0.1) is 12.7 Å². The molecule has 0 aliphatic carbocycles. The van der Waals surface area contributed by atoms with Crippen LogP contribution in [0, 0.1) is 0 Å². The molecule has 2 aromatic carbocycles. The summed E-state index contributed by atoms with van der Waals surface area (Å²) in [5.74, 6) is -0.261. The average molecular weight is 281 g/mol. The Morgan fingerprint density at radius 3 is 2.62 bits per heavy atom. The fourth-order valence-corrected chi connectivity index (χ4v) is 2.90. The standard InChI is InChI=1S/C18H19NO2/c1-21-18(20)17-9-5-4-8-16(17)13-19-11-10-14-6-2-3-7-15(14)12-19/h2-9H,10-13H2,1H3. The molecule has 0 atom stereocenters. The number of fused-ring (bicyclic) bond motifs is 1. The normalized spacial score (nSPS) is 14.5. The molecule has 0 saturated heterocycles. The molecule has 108 valence electrons. The third-order valence-corrected chi connectivity index (χ3v) is 4.03. The van der Waals surface area contributed by atoms with Crippen LogP contribution in [0.1, 0.15) is 27.0 Å². The van der Waals surface area contributed by atoms with Crippen LogP contribution in [0.4, 0.5) is 0 Å². The minimum absolute atomic E-state index is 0.261. The number of esters is 1. The Hall–Kier alpha value is -2.13. The number of hydrogen-bond donors (Lipinski definition) is 0. The van der Waals surface area contributed by atoms with E-state index in [2.05, 4.69) is 29.2 Å². The number of ether oxygens (including phenoxy) is 1. The highest BCUT2D eigenvalue weighted by atomic mass is 16.5. The molecule has 3 rings (SSSR count). The molecule has 0 N–H and O–H groups in total. The van der Waals surface area contributed by atoms with Crippen molar-refractivity contribution in [2.45, 2.75) is 19.5 Å². The van der Waals surface area contributed by atoms with Crippen LogP contribution in [-0.4, -0.2) is 24.5 Å². The van der Waals surface area contributed by atoms with E-state index in [1.807, 2.05) is 24.3 Å². The number of hydrogen-bond acceptors (Lipinski definition) is 3. The maximum Gasteiger partial charge on any atom is 0.338 e. The Morgan fingerprint density at radius 1 is 1.10 bits per heavy atom. The number of carbonyl (C=O) groups excluding carboxylic acids is 1. The molecule has 1 heterocycles. The summed E-state index contributed by atoms with van der Waals surface area (Å²) in [6.45, 7) is 2.73. The van der Waals surface area contributed by atoms with Gasteiger partial charge >= 0.3 is 5.97 Å². The third-order valence-electron chi connectivity index (χ3n) is 4.03. The Labute approximate surface area is 125 Å². The molecule has 3 nitrogen and oxygen atoms in total. The Bertz CT molecular complexity index is 651. The van der Waals surface area contributed by atoms with Crippen molar-refractivity contribution >= 4 is 5.97 Å². The maximum absolute atomic E-state index is 11.8.